The molecule has 0 unspecified atom stereocenters. The van der Waals surface area contributed by atoms with Crippen molar-refractivity contribution in [2.24, 2.45) is 11.7 Å². The van der Waals surface area contributed by atoms with E-state index in [9.17, 15) is 14.4 Å². The van der Waals surface area contributed by atoms with Crippen LogP contribution in [0.5, 0.6) is 5.75 Å². The fourth-order valence-electron chi connectivity index (χ4n) is 4.69. The number of hydrogen-bond donors (Lipinski definition) is 1. The highest BCUT2D eigenvalue weighted by Gasteiger charge is 2.24. The van der Waals surface area contributed by atoms with Gasteiger partial charge in [-0.1, -0.05) is 12.1 Å². The first-order chi connectivity index (χ1) is 16.5. The van der Waals surface area contributed by atoms with E-state index in [2.05, 4.69) is 11.1 Å². The lowest BCUT2D eigenvalue weighted by Crippen LogP contribution is -2.40. The zero-order valence-corrected chi connectivity index (χ0v) is 19.4. The Morgan fingerprint density at radius 2 is 1.71 bits per heavy atom. The van der Waals surface area contributed by atoms with E-state index < -0.39 is 12.0 Å². The van der Waals surface area contributed by atoms with Crippen LogP contribution >= 0.6 is 0 Å². The minimum Gasteiger partial charge on any atom is -0.409 e. The molecule has 2 N–H and O–H groups in total. The van der Waals surface area contributed by atoms with E-state index in [-0.39, 0.29) is 17.2 Å². The normalized spacial score (nSPS) is 16.8. The lowest BCUT2D eigenvalue weighted by atomic mass is 9.90. The fraction of sp³-hybridized carbons (Fsp3) is 0.462. The highest BCUT2D eigenvalue weighted by Crippen LogP contribution is 2.24. The Kier molecular flexibility index (Phi) is 7.77. The number of pyridine rings is 1. The van der Waals surface area contributed by atoms with Gasteiger partial charge in [-0.25, -0.2) is 4.79 Å². The second-order valence-electron chi connectivity index (χ2n) is 9.16. The molecule has 0 spiro atoms. The molecule has 1 aromatic carbocycles. The van der Waals surface area contributed by atoms with Crippen LogP contribution in [-0.4, -0.2) is 58.9 Å². The van der Waals surface area contributed by atoms with E-state index in [0.29, 0.717) is 19.0 Å². The maximum Gasteiger partial charge on any atom is 0.415 e. The highest BCUT2D eigenvalue weighted by atomic mass is 16.6. The Labute approximate surface area is 200 Å². The SMILES string of the molecule is NC(=O)c1cncc(OC(=O)N2CCC(CCc3cccc(C(=O)N4CCCCC4)c3)CC2)c1. The monoisotopic (exact) mass is 464 g/mol. The van der Waals surface area contributed by atoms with E-state index in [1.807, 2.05) is 23.1 Å². The molecule has 4 rings (SSSR count). The minimum atomic E-state index is -0.618. The highest BCUT2D eigenvalue weighted by molar-refractivity contribution is 5.94. The number of rotatable bonds is 6. The lowest BCUT2D eigenvalue weighted by Gasteiger charge is -2.31. The molecule has 2 aromatic rings. The summed E-state index contributed by atoms with van der Waals surface area (Å²) in [5.74, 6) is 0.255. The molecule has 0 bridgehead atoms. The van der Waals surface area contributed by atoms with Crippen LogP contribution in [0.1, 0.15) is 64.8 Å². The molecule has 2 aliphatic heterocycles. The van der Waals surface area contributed by atoms with Crippen molar-refractivity contribution in [1.29, 1.82) is 0 Å². The van der Waals surface area contributed by atoms with Gasteiger partial charge >= 0.3 is 6.09 Å². The van der Waals surface area contributed by atoms with Crippen molar-refractivity contribution in [1.82, 2.24) is 14.8 Å². The largest absolute Gasteiger partial charge is 0.415 e. The Bertz CT molecular complexity index is 1030. The summed E-state index contributed by atoms with van der Waals surface area (Å²) < 4.78 is 5.38. The standard InChI is InChI=1S/C26H32N4O4/c27-24(31)22-16-23(18-28-17-22)34-26(33)30-13-9-19(10-14-30)7-8-20-5-4-6-21(15-20)25(32)29-11-2-1-3-12-29/h4-6,15-19H,1-3,7-14H2,(H2,27,31). The van der Waals surface area contributed by atoms with Crippen molar-refractivity contribution in [2.45, 2.75) is 44.9 Å². The van der Waals surface area contributed by atoms with Gasteiger partial charge in [0.2, 0.25) is 5.91 Å². The molecule has 2 aliphatic rings. The number of primary amides is 1. The smallest absolute Gasteiger partial charge is 0.409 e. The molecule has 3 heterocycles. The van der Waals surface area contributed by atoms with Gasteiger partial charge in [0.25, 0.3) is 5.91 Å². The van der Waals surface area contributed by atoms with Gasteiger partial charge in [0.1, 0.15) is 0 Å². The van der Waals surface area contributed by atoms with E-state index in [1.54, 1.807) is 4.90 Å². The maximum atomic E-state index is 12.8. The molecule has 34 heavy (non-hydrogen) atoms. The minimum absolute atomic E-state index is 0.143. The number of nitrogens with zero attached hydrogens (tertiary/aromatic N) is 3. The number of aryl methyl sites for hydroxylation is 1. The van der Waals surface area contributed by atoms with Gasteiger partial charge in [-0.2, -0.15) is 0 Å². The van der Waals surface area contributed by atoms with Gasteiger partial charge in [0, 0.05) is 37.9 Å². The third-order valence-corrected chi connectivity index (χ3v) is 6.73. The summed E-state index contributed by atoms with van der Waals surface area (Å²) in [6.45, 7) is 2.97. The number of hydrogen-bond acceptors (Lipinski definition) is 5. The van der Waals surface area contributed by atoms with Crippen LogP contribution in [0, 0.1) is 5.92 Å². The van der Waals surface area contributed by atoms with Crippen LogP contribution in [0.25, 0.3) is 0 Å². The number of carbonyl (C=O) groups excluding carboxylic acids is 3. The Morgan fingerprint density at radius 3 is 2.44 bits per heavy atom. The fourth-order valence-corrected chi connectivity index (χ4v) is 4.69. The molecular formula is C26H32N4O4. The summed E-state index contributed by atoms with van der Waals surface area (Å²) in [6, 6.07) is 9.45. The summed E-state index contributed by atoms with van der Waals surface area (Å²) in [4.78, 5) is 44.1. The summed E-state index contributed by atoms with van der Waals surface area (Å²) in [6.07, 6.45) is 9.43. The Hall–Kier alpha value is -3.42. The topological polar surface area (TPSA) is 106 Å². The van der Waals surface area contributed by atoms with Crippen molar-refractivity contribution < 1.29 is 19.1 Å². The van der Waals surface area contributed by atoms with Crippen LogP contribution in [0.3, 0.4) is 0 Å². The van der Waals surface area contributed by atoms with Crippen molar-refractivity contribution >= 4 is 17.9 Å². The van der Waals surface area contributed by atoms with Crippen LogP contribution in [-0.2, 0) is 6.42 Å². The van der Waals surface area contributed by atoms with Gasteiger partial charge in [-0.15, -0.1) is 0 Å². The molecule has 180 valence electrons. The van der Waals surface area contributed by atoms with Crippen LogP contribution < -0.4 is 10.5 Å². The predicted molar refractivity (Wildman–Crippen MR) is 128 cm³/mol. The van der Waals surface area contributed by atoms with Crippen LogP contribution in [0.2, 0.25) is 0 Å². The number of piperidine rings is 2. The van der Waals surface area contributed by atoms with Gasteiger partial charge in [-0.05, 0) is 74.6 Å². The second kappa shape index (κ2) is 11.1. The molecule has 0 aliphatic carbocycles. The zero-order chi connectivity index (χ0) is 23.9. The van der Waals surface area contributed by atoms with Gasteiger partial charge in [0.05, 0.1) is 11.8 Å². The van der Waals surface area contributed by atoms with Crippen LogP contribution in [0.4, 0.5) is 4.79 Å². The number of likely N-dealkylation sites (tertiary alicyclic amines) is 2. The number of ether oxygens (including phenoxy) is 1. The molecule has 1 aromatic heterocycles. The average Bonchev–Trinajstić information content (AvgIpc) is 2.88. The zero-order valence-electron chi connectivity index (χ0n) is 19.4. The number of benzene rings is 1. The van der Waals surface area contributed by atoms with Gasteiger partial charge < -0.3 is 20.3 Å². The average molecular weight is 465 g/mol. The molecule has 2 fully saturated rings. The molecule has 0 saturated carbocycles. The second-order valence-corrected chi connectivity index (χ2v) is 9.16. The van der Waals surface area contributed by atoms with E-state index in [4.69, 9.17) is 10.5 Å². The first kappa shape index (κ1) is 23.7. The number of nitrogens with two attached hydrogens (primary N) is 1. The van der Waals surface area contributed by atoms with Crippen molar-refractivity contribution in [3.8, 4) is 5.75 Å². The molecule has 0 atom stereocenters. The first-order valence-corrected chi connectivity index (χ1v) is 12.1. The van der Waals surface area contributed by atoms with Gasteiger partial charge in [0.15, 0.2) is 5.75 Å². The summed E-state index contributed by atoms with van der Waals surface area (Å²) in [5, 5.41) is 0. The van der Waals surface area contributed by atoms with Crippen molar-refractivity contribution in [3.63, 3.8) is 0 Å². The van der Waals surface area contributed by atoms with Crippen molar-refractivity contribution in [3.05, 3.63) is 59.4 Å². The van der Waals surface area contributed by atoms with Crippen LogP contribution in [0.15, 0.2) is 42.7 Å². The Morgan fingerprint density at radius 1 is 0.941 bits per heavy atom. The number of amides is 3. The first-order valence-electron chi connectivity index (χ1n) is 12.1. The van der Waals surface area contributed by atoms with Crippen molar-refractivity contribution in [2.75, 3.05) is 26.2 Å². The number of carbonyl (C=O) groups is 3. The summed E-state index contributed by atoms with van der Waals surface area (Å²) >= 11 is 0. The molecule has 2 saturated heterocycles. The number of aromatic nitrogens is 1. The lowest BCUT2D eigenvalue weighted by molar-refractivity contribution is 0.0724. The quantitative estimate of drug-likeness (QED) is 0.702. The predicted octanol–water partition coefficient (Wildman–Crippen LogP) is 3.65. The molecule has 3 amide bonds. The Balaban J connectivity index is 1.24. The third-order valence-electron chi connectivity index (χ3n) is 6.73. The third kappa shape index (κ3) is 6.12. The molecule has 8 nitrogen and oxygen atoms in total. The molecular weight excluding hydrogens is 432 g/mol. The summed E-state index contributed by atoms with van der Waals surface area (Å²) in [5.41, 5.74) is 7.42. The van der Waals surface area contributed by atoms with E-state index in [0.717, 1.165) is 57.2 Å². The van der Waals surface area contributed by atoms with Gasteiger partial charge in [-0.3, -0.25) is 14.6 Å². The molecule has 8 heteroatoms. The molecule has 0 radical (unpaired) electrons. The summed E-state index contributed by atoms with van der Waals surface area (Å²) in [7, 11) is 0. The van der Waals surface area contributed by atoms with E-state index in [1.165, 1.54) is 30.4 Å². The maximum absolute atomic E-state index is 12.8. The van der Waals surface area contributed by atoms with E-state index >= 15 is 0 Å².